The molecule has 1 unspecified atom stereocenters. The fraction of sp³-hybridized carbons (Fsp3) is 0.368. The zero-order chi connectivity index (χ0) is 15.8. The van der Waals surface area contributed by atoms with E-state index in [4.69, 9.17) is 9.47 Å². The lowest BCUT2D eigenvalue weighted by molar-refractivity contribution is 0.0678. The van der Waals surface area contributed by atoms with Crippen molar-refractivity contribution in [2.75, 3.05) is 6.54 Å². The molecule has 0 N–H and O–H groups in total. The van der Waals surface area contributed by atoms with Gasteiger partial charge in [-0.15, -0.1) is 0 Å². The molecule has 0 fully saturated rings. The van der Waals surface area contributed by atoms with Crippen LogP contribution in [0, 0.1) is 5.82 Å². The number of aryl methyl sites for hydroxylation is 1. The van der Waals surface area contributed by atoms with E-state index in [1.165, 1.54) is 5.56 Å². The summed E-state index contributed by atoms with van der Waals surface area (Å²) in [6, 6.07) is 11.5. The second-order valence-corrected chi connectivity index (χ2v) is 6.28. The number of fused-ring (bicyclic) bond motifs is 2. The topological polar surface area (TPSA) is 21.7 Å². The average Bonchev–Trinajstić information content (AvgIpc) is 3.10. The van der Waals surface area contributed by atoms with Gasteiger partial charge in [0.25, 0.3) is 0 Å². The van der Waals surface area contributed by atoms with Gasteiger partial charge in [-0.3, -0.25) is 4.90 Å². The summed E-state index contributed by atoms with van der Waals surface area (Å²) in [6.45, 7) is 4.44. The highest BCUT2D eigenvalue weighted by atomic mass is 19.1. The molecular formula is C19H20FNO2. The van der Waals surface area contributed by atoms with Gasteiger partial charge in [0, 0.05) is 25.6 Å². The van der Waals surface area contributed by atoms with E-state index < -0.39 is 0 Å². The van der Waals surface area contributed by atoms with Crippen molar-refractivity contribution in [3.8, 4) is 11.5 Å². The fourth-order valence-corrected chi connectivity index (χ4v) is 3.39. The molecule has 2 aliphatic rings. The molecule has 0 aliphatic carbocycles. The maximum atomic E-state index is 13.8. The van der Waals surface area contributed by atoms with Crippen molar-refractivity contribution in [1.82, 2.24) is 4.90 Å². The standard InChI is InChI=1S/C19H20FNO2/c1-13-22-18-8-7-14(10-19(18)23-13)4-3-9-21-11-15-5-2-6-17(20)16(15)12-21/h2,5-8,10,13H,3-4,9,11-12H2,1H3. The molecule has 3 nitrogen and oxygen atoms in total. The third-order valence-corrected chi connectivity index (χ3v) is 4.53. The summed E-state index contributed by atoms with van der Waals surface area (Å²) in [5.41, 5.74) is 3.25. The Morgan fingerprint density at radius 1 is 1.13 bits per heavy atom. The minimum Gasteiger partial charge on any atom is -0.451 e. The Hall–Kier alpha value is -2.07. The summed E-state index contributed by atoms with van der Waals surface area (Å²) < 4.78 is 24.9. The van der Waals surface area contributed by atoms with Crippen molar-refractivity contribution in [3.05, 3.63) is 58.9 Å². The first-order chi connectivity index (χ1) is 11.2. The predicted octanol–water partition coefficient (Wildman–Crippen LogP) is 3.89. The summed E-state index contributed by atoms with van der Waals surface area (Å²) in [7, 11) is 0. The van der Waals surface area contributed by atoms with E-state index in [1.54, 1.807) is 12.1 Å². The number of ether oxygens (including phenoxy) is 2. The molecule has 23 heavy (non-hydrogen) atoms. The van der Waals surface area contributed by atoms with Gasteiger partial charge in [0.2, 0.25) is 6.29 Å². The average molecular weight is 313 g/mol. The Kier molecular flexibility index (Phi) is 3.69. The molecule has 4 heteroatoms. The summed E-state index contributed by atoms with van der Waals surface area (Å²) in [5, 5.41) is 0. The lowest BCUT2D eigenvalue weighted by Gasteiger charge is -2.14. The van der Waals surface area contributed by atoms with Crippen LogP contribution in [0.25, 0.3) is 0 Å². The van der Waals surface area contributed by atoms with Crippen LogP contribution in [0.15, 0.2) is 36.4 Å². The van der Waals surface area contributed by atoms with Crippen LogP contribution in [0.1, 0.15) is 30.0 Å². The molecule has 2 heterocycles. The molecule has 0 radical (unpaired) electrons. The van der Waals surface area contributed by atoms with Gasteiger partial charge in [0.1, 0.15) is 5.82 Å². The van der Waals surface area contributed by atoms with Gasteiger partial charge < -0.3 is 9.47 Å². The molecule has 0 saturated carbocycles. The van der Waals surface area contributed by atoms with E-state index in [2.05, 4.69) is 17.0 Å². The molecule has 0 bridgehead atoms. The van der Waals surface area contributed by atoms with Crippen molar-refractivity contribution in [3.63, 3.8) is 0 Å². The van der Waals surface area contributed by atoms with Gasteiger partial charge in [-0.2, -0.15) is 0 Å². The van der Waals surface area contributed by atoms with Crippen molar-refractivity contribution in [2.24, 2.45) is 0 Å². The molecule has 2 aliphatic heterocycles. The zero-order valence-corrected chi connectivity index (χ0v) is 13.2. The largest absolute Gasteiger partial charge is 0.451 e. The summed E-state index contributed by atoms with van der Waals surface area (Å²) in [6.07, 6.45) is 1.84. The van der Waals surface area contributed by atoms with Crippen LogP contribution < -0.4 is 9.47 Å². The number of hydrogen-bond donors (Lipinski definition) is 0. The number of rotatable bonds is 4. The number of hydrogen-bond acceptors (Lipinski definition) is 3. The van der Waals surface area contributed by atoms with E-state index in [-0.39, 0.29) is 12.1 Å². The van der Waals surface area contributed by atoms with Crippen molar-refractivity contribution in [1.29, 1.82) is 0 Å². The van der Waals surface area contributed by atoms with Crippen LogP contribution >= 0.6 is 0 Å². The SMILES string of the molecule is CC1Oc2ccc(CCCN3Cc4cccc(F)c4C3)cc2O1. The monoisotopic (exact) mass is 313 g/mol. The fourth-order valence-electron chi connectivity index (χ4n) is 3.39. The Bertz CT molecular complexity index is 731. The number of nitrogens with zero attached hydrogens (tertiary/aromatic N) is 1. The first kappa shape index (κ1) is 14.5. The summed E-state index contributed by atoms with van der Waals surface area (Å²) >= 11 is 0. The van der Waals surface area contributed by atoms with Gasteiger partial charge >= 0.3 is 0 Å². The highest BCUT2D eigenvalue weighted by Crippen LogP contribution is 2.35. The first-order valence-corrected chi connectivity index (χ1v) is 8.14. The Labute approximate surface area is 135 Å². The molecule has 2 aromatic carbocycles. The zero-order valence-electron chi connectivity index (χ0n) is 13.2. The van der Waals surface area contributed by atoms with Crippen LogP contribution in [0.2, 0.25) is 0 Å². The molecule has 0 saturated heterocycles. The van der Waals surface area contributed by atoms with E-state index in [9.17, 15) is 4.39 Å². The van der Waals surface area contributed by atoms with Gasteiger partial charge in [0.05, 0.1) is 0 Å². The van der Waals surface area contributed by atoms with Gasteiger partial charge in [-0.25, -0.2) is 4.39 Å². The van der Waals surface area contributed by atoms with E-state index in [0.717, 1.165) is 55.1 Å². The minimum absolute atomic E-state index is 0.0742. The second-order valence-electron chi connectivity index (χ2n) is 6.28. The Morgan fingerprint density at radius 2 is 2.00 bits per heavy atom. The minimum atomic E-state index is -0.196. The third kappa shape index (κ3) is 2.91. The Balaban J connectivity index is 1.32. The number of halogens is 1. The van der Waals surface area contributed by atoms with Gasteiger partial charge in [0.15, 0.2) is 11.5 Å². The van der Waals surface area contributed by atoms with E-state index in [1.807, 2.05) is 19.1 Å². The lowest BCUT2D eigenvalue weighted by Crippen LogP contribution is -2.18. The number of benzene rings is 2. The normalized spacial score (nSPS) is 19.1. The summed E-state index contributed by atoms with van der Waals surface area (Å²) in [4.78, 5) is 2.31. The van der Waals surface area contributed by atoms with Crippen LogP contribution in [0.3, 0.4) is 0 Å². The Morgan fingerprint density at radius 3 is 2.87 bits per heavy atom. The van der Waals surface area contributed by atoms with Gasteiger partial charge in [-0.1, -0.05) is 18.2 Å². The van der Waals surface area contributed by atoms with E-state index in [0.29, 0.717) is 0 Å². The quantitative estimate of drug-likeness (QED) is 0.855. The van der Waals surface area contributed by atoms with Crippen molar-refractivity contribution < 1.29 is 13.9 Å². The van der Waals surface area contributed by atoms with Gasteiger partial charge in [-0.05, 0) is 48.7 Å². The van der Waals surface area contributed by atoms with E-state index >= 15 is 0 Å². The first-order valence-electron chi connectivity index (χ1n) is 8.14. The molecule has 120 valence electrons. The second kappa shape index (κ2) is 5.85. The summed E-state index contributed by atoms with van der Waals surface area (Å²) in [5.74, 6) is 1.59. The van der Waals surface area contributed by atoms with Crippen LogP contribution in [0.5, 0.6) is 11.5 Å². The van der Waals surface area contributed by atoms with Crippen molar-refractivity contribution >= 4 is 0 Å². The third-order valence-electron chi connectivity index (χ3n) is 4.53. The van der Waals surface area contributed by atoms with Crippen LogP contribution in [-0.2, 0) is 19.5 Å². The highest BCUT2D eigenvalue weighted by molar-refractivity contribution is 5.45. The predicted molar refractivity (Wildman–Crippen MR) is 86.0 cm³/mol. The lowest BCUT2D eigenvalue weighted by atomic mass is 10.1. The highest BCUT2D eigenvalue weighted by Gasteiger charge is 2.22. The smallest absolute Gasteiger partial charge is 0.238 e. The molecule has 0 aromatic heterocycles. The van der Waals surface area contributed by atoms with Crippen LogP contribution in [0.4, 0.5) is 4.39 Å². The van der Waals surface area contributed by atoms with Crippen molar-refractivity contribution in [2.45, 2.75) is 39.1 Å². The molecular weight excluding hydrogens is 293 g/mol. The van der Waals surface area contributed by atoms with Crippen LogP contribution in [-0.4, -0.2) is 17.7 Å². The molecule has 1 atom stereocenters. The molecule has 4 rings (SSSR count). The molecule has 0 spiro atoms. The molecule has 2 aromatic rings. The maximum absolute atomic E-state index is 13.8. The molecule has 0 amide bonds. The maximum Gasteiger partial charge on any atom is 0.238 e.